The highest BCUT2D eigenvalue weighted by Crippen LogP contribution is 2.26. The van der Waals surface area contributed by atoms with Crippen LogP contribution in [0.2, 0.25) is 0 Å². The largest absolute Gasteiger partial charge is 0.484 e. The number of imide groups is 1. The van der Waals surface area contributed by atoms with Crippen LogP contribution in [0.3, 0.4) is 0 Å². The average molecular weight is 446 g/mol. The highest BCUT2D eigenvalue weighted by molar-refractivity contribution is 9.10. The van der Waals surface area contributed by atoms with Crippen LogP contribution in [0.15, 0.2) is 46.9 Å². The van der Waals surface area contributed by atoms with E-state index in [1.165, 1.54) is 0 Å². The van der Waals surface area contributed by atoms with E-state index in [1.54, 1.807) is 30.3 Å². The van der Waals surface area contributed by atoms with Crippen LogP contribution >= 0.6 is 15.9 Å². The number of aryl methyl sites for hydroxylation is 2. The molecule has 1 atom stereocenters. The van der Waals surface area contributed by atoms with Crippen LogP contribution in [0, 0.1) is 13.8 Å². The number of anilines is 1. The lowest BCUT2D eigenvalue weighted by Gasteiger charge is -2.18. The maximum Gasteiger partial charge on any atom is 0.272 e. The number of amides is 3. The number of hydrazine groups is 1. The molecule has 0 spiro atoms. The Morgan fingerprint density at radius 3 is 2.57 bits per heavy atom. The maximum absolute atomic E-state index is 12.6. The zero-order chi connectivity index (χ0) is 20.3. The minimum Gasteiger partial charge on any atom is -0.484 e. The fourth-order valence-corrected chi connectivity index (χ4v) is 3.20. The molecule has 1 aliphatic heterocycles. The lowest BCUT2D eigenvalue weighted by atomic mass is 10.1. The van der Waals surface area contributed by atoms with Gasteiger partial charge in [-0.3, -0.25) is 19.8 Å². The van der Waals surface area contributed by atoms with Gasteiger partial charge in [0.1, 0.15) is 11.8 Å². The Kier molecular flexibility index (Phi) is 6.11. The third-order valence-electron chi connectivity index (χ3n) is 4.31. The predicted molar refractivity (Wildman–Crippen MR) is 108 cm³/mol. The standard InChI is InChI=1S/C20H20BrN3O4/c1-12-3-8-17(13(2)9-12)24-19(26)10-16(20(24)27)22-23-18(25)11-28-15-6-4-14(21)5-7-15/h3-9,16,22H,10-11H2,1-2H3,(H,23,25). The number of ether oxygens (including phenoxy) is 1. The van der Waals surface area contributed by atoms with E-state index in [0.717, 1.165) is 20.5 Å². The first-order valence-electron chi connectivity index (χ1n) is 8.72. The first-order chi connectivity index (χ1) is 13.3. The summed E-state index contributed by atoms with van der Waals surface area (Å²) in [5, 5.41) is 0. The summed E-state index contributed by atoms with van der Waals surface area (Å²) in [6.45, 7) is 3.58. The van der Waals surface area contributed by atoms with E-state index < -0.39 is 17.9 Å². The number of carbonyl (C=O) groups excluding carboxylic acids is 3. The van der Waals surface area contributed by atoms with Crippen LogP contribution in [0.5, 0.6) is 5.75 Å². The molecule has 28 heavy (non-hydrogen) atoms. The van der Waals surface area contributed by atoms with Crippen molar-refractivity contribution in [3.8, 4) is 5.75 Å². The summed E-state index contributed by atoms with van der Waals surface area (Å²) in [4.78, 5) is 38.1. The van der Waals surface area contributed by atoms with Crippen LogP contribution < -0.4 is 20.5 Å². The monoisotopic (exact) mass is 445 g/mol. The summed E-state index contributed by atoms with van der Waals surface area (Å²) >= 11 is 3.32. The van der Waals surface area contributed by atoms with Gasteiger partial charge in [-0.05, 0) is 49.7 Å². The third-order valence-corrected chi connectivity index (χ3v) is 4.84. The van der Waals surface area contributed by atoms with Gasteiger partial charge < -0.3 is 4.74 Å². The molecule has 1 unspecified atom stereocenters. The van der Waals surface area contributed by atoms with Crippen molar-refractivity contribution in [2.75, 3.05) is 11.5 Å². The lowest BCUT2D eigenvalue weighted by Crippen LogP contribution is -2.49. The van der Waals surface area contributed by atoms with Gasteiger partial charge >= 0.3 is 0 Å². The molecule has 8 heteroatoms. The van der Waals surface area contributed by atoms with Gasteiger partial charge in [0.25, 0.3) is 11.8 Å². The predicted octanol–water partition coefficient (Wildman–Crippen LogP) is 2.40. The molecular weight excluding hydrogens is 426 g/mol. The minimum atomic E-state index is -0.815. The van der Waals surface area contributed by atoms with Gasteiger partial charge in [-0.1, -0.05) is 33.6 Å². The van der Waals surface area contributed by atoms with Gasteiger partial charge in [-0.25, -0.2) is 10.3 Å². The van der Waals surface area contributed by atoms with E-state index in [1.807, 2.05) is 26.0 Å². The number of hydrogen-bond acceptors (Lipinski definition) is 5. The van der Waals surface area contributed by atoms with Crippen molar-refractivity contribution in [1.29, 1.82) is 0 Å². The Morgan fingerprint density at radius 2 is 1.89 bits per heavy atom. The van der Waals surface area contributed by atoms with Gasteiger partial charge in [-0.2, -0.15) is 0 Å². The summed E-state index contributed by atoms with van der Waals surface area (Å²) in [6, 6.07) is 11.8. The summed E-state index contributed by atoms with van der Waals surface area (Å²) in [5.41, 5.74) is 7.52. The fourth-order valence-electron chi connectivity index (χ4n) is 2.94. The van der Waals surface area contributed by atoms with Crippen molar-refractivity contribution in [2.24, 2.45) is 0 Å². The second-order valence-electron chi connectivity index (χ2n) is 6.55. The zero-order valence-corrected chi connectivity index (χ0v) is 17.1. The molecule has 2 aromatic carbocycles. The quantitative estimate of drug-likeness (QED) is 0.526. The molecule has 3 amide bonds. The molecule has 0 radical (unpaired) electrons. The molecule has 3 rings (SSSR count). The third kappa shape index (κ3) is 4.58. The summed E-state index contributed by atoms with van der Waals surface area (Å²) in [5.74, 6) is -0.611. The van der Waals surface area contributed by atoms with E-state index in [2.05, 4.69) is 26.8 Å². The molecular formula is C20H20BrN3O4. The van der Waals surface area contributed by atoms with Gasteiger partial charge in [0, 0.05) is 4.47 Å². The number of nitrogens with one attached hydrogen (secondary N) is 2. The topological polar surface area (TPSA) is 87.7 Å². The SMILES string of the molecule is Cc1ccc(N2C(=O)CC(NNC(=O)COc3ccc(Br)cc3)C2=O)c(C)c1. The van der Waals surface area contributed by atoms with Crippen LogP contribution in [-0.4, -0.2) is 30.4 Å². The molecule has 0 bridgehead atoms. The van der Waals surface area contributed by atoms with E-state index in [-0.39, 0.29) is 18.9 Å². The van der Waals surface area contributed by atoms with Crippen molar-refractivity contribution in [3.05, 3.63) is 58.1 Å². The normalized spacial score (nSPS) is 16.4. The minimum absolute atomic E-state index is 0.0278. The molecule has 146 valence electrons. The highest BCUT2D eigenvalue weighted by Gasteiger charge is 2.40. The molecule has 1 fully saturated rings. The summed E-state index contributed by atoms with van der Waals surface area (Å²) < 4.78 is 6.27. The van der Waals surface area contributed by atoms with Gasteiger partial charge in [0.05, 0.1) is 12.1 Å². The Morgan fingerprint density at radius 1 is 1.18 bits per heavy atom. The fraction of sp³-hybridized carbons (Fsp3) is 0.250. The maximum atomic E-state index is 12.6. The van der Waals surface area contributed by atoms with E-state index in [0.29, 0.717) is 11.4 Å². The molecule has 1 aliphatic rings. The molecule has 0 aliphatic carbocycles. The van der Waals surface area contributed by atoms with Crippen LogP contribution in [-0.2, 0) is 14.4 Å². The Labute approximate surface area is 171 Å². The molecule has 0 saturated carbocycles. The van der Waals surface area contributed by atoms with Crippen molar-refractivity contribution < 1.29 is 19.1 Å². The van der Waals surface area contributed by atoms with Gasteiger partial charge in [0.15, 0.2) is 6.61 Å². The second kappa shape index (κ2) is 8.53. The molecule has 2 N–H and O–H groups in total. The Bertz CT molecular complexity index is 914. The first-order valence-corrected chi connectivity index (χ1v) is 9.51. The zero-order valence-electron chi connectivity index (χ0n) is 15.5. The summed E-state index contributed by atoms with van der Waals surface area (Å²) in [6.07, 6.45) is -0.0278. The van der Waals surface area contributed by atoms with Crippen molar-refractivity contribution >= 4 is 39.3 Å². The Balaban J connectivity index is 1.55. The van der Waals surface area contributed by atoms with Crippen molar-refractivity contribution in [2.45, 2.75) is 26.3 Å². The molecule has 7 nitrogen and oxygen atoms in total. The molecule has 1 heterocycles. The Hall–Kier alpha value is -2.71. The van der Waals surface area contributed by atoms with Crippen molar-refractivity contribution in [1.82, 2.24) is 10.9 Å². The number of carbonyl (C=O) groups is 3. The first kappa shape index (κ1) is 20.0. The number of halogens is 1. The smallest absolute Gasteiger partial charge is 0.272 e. The average Bonchev–Trinajstić information content (AvgIpc) is 2.93. The second-order valence-corrected chi connectivity index (χ2v) is 7.46. The highest BCUT2D eigenvalue weighted by atomic mass is 79.9. The molecule has 2 aromatic rings. The number of benzene rings is 2. The number of hydrogen-bond donors (Lipinski definition) is 2. The number of nitrogens with zero attached hydrogens (tertiary/aromatic N) is 1. The molecule has 1 saturated heterocycles. The summed E-state index contributed by atoms with van der Waals surface area (Å²) in [7, 11) is 0. The van der Waals surface area contributed by atoms with Crippen LogP contribution in [0.4, 0.5) is 5.69 Å². The molecule has 0 aromatic heterocycles. The lowest BCUT2D eigenvalue weighted by molar-refractivity contribution is -0.125. The van der Waals surface area contributed by atoms with E-state index in [4.69, 9.17) is 4.74 Å². The van der Waals surface area contributed by atoms with Gasteiger partial charge in [0.2, 0.25) is 5.91 Å². The van der Waals surface area contributed by atoms with Crippen molar-refractivity contribution in [3.63, 3.8) is 0 Å². The van der Waals surface area contributed by atoms with E-state index >= 15 is 0 Å². The van der Waals surface area contributed by atoms with Gasteiger partial charge in [-0.15, -0.1) is 0 Å². The number of rotatable bonds is 6. The van der Waals surface area contributed by atoms with Crippen LogP contribution in [0.1, 0.15) is 17.5 Å². The van der Waals surface area contributed by atoms with E-state index in [9.17, 15) is 14.4 Å². The van der Waals surface area contributed by atoms with Crippen LogP contribution in [0.25, 0.3) is 0 Å².